The highest BCUT2D eigenvalue weighted by molar-refractivity contribution is 5.77. The van der Waals surface area contributed by atoms with Gasteiger partial charge >= 0.3 is 5.97 Å². The molecule has 0 aliphatic heterocycles. The van der Waals surface area contributed by atoms with Crippen LogP contribution in [0.5, 0.6) is 5.88 Å². The highest BCUT2D eigenvalue weighted by atomic mass is 16.5. The fourth-order valence-corrected chi connectivity index (χ4v) is 2.69. The van der Waals surface area contributed by atoms with E-state index in [1.165, 1.54) is 0 Å². The molecule has 0 saturated carbocycles. The molecule has 0 radical (unpaired) electrons. The highest BCUT2D eigenvalue weighted by Crippen LogP contribution is 2.19. The molecule has 6 nitrogen and oxygen atoms in total. The van der Waals surface area contributed by atoms with Gasteiger partial charge in [-0.15, -0.1) is 0 Å². The largest absolute Gasteiger partial charge is 0.407 e. The summed E-state index contributed by atoms with van der Waals surface area (Å²) in [4.78, 5) is 27.8. The van der Waals surface area contributed by atoms with Gasteiger partial charge in [0.25, 0.3) is 0 Å². The average Bonchev–Trinajstić information content (AvgIpc) is 2.69. The molecule has 0 atom stereocenters. The van der Waals surface area contributed by atoms with E-state index < -0.39 is 5.41 Å². The van der Waals surface area contributed by atoms with Gasteiger partial charge in [-0.25, -0.2) is 4.98 Å². The molecule has 3 aromatic rings. The minimum absolute atomic E-state index is 0.305. The Hall–Kier alpha value is -3.12. The highest BCUT2D eigenvalue weighted by Gasteiger charge is 2.24. The molecular formula is C23H26N4O2. The number of carbonyl (C=O) groups is 1. The number of carbonyl (C=O) groups excluding carboxylic acids is 1. The average molecular weight is 390 g/mol. The quantitative estimate of drug-likeness (QED) is 0.568. The first kappa shape index (κ1) is 20.6. The smallest absolute Gasteiger partial charge is 0.317 e. The maximum atomic E-state index is 12.2. The van der Waals surface area contributed by atoms with Gasteiger partial charge in [-0.05, 0) is 51.1 Å². The summed E-state index contributed by atoms with van der Waals surface area (Å²) in [5, 5.41) is 0. The molecule has 0 unspecified atom stereocenters. The summed E-state index contributed by atoms with van der Waals surface area (Å²) in [6, 6.07) is 17.3. The predicted octanol–water partition coefficient (Wildman–Crippen LogP) is 4.03. The van der Waals surface area contributed by atoms with Crippen LogP contribution >= 0.6 is 0 Å². The van der Waals surface area contributed by atoms with Crippen molar-refractivity contribution >= 4 is 5.97 Å². The van der Waals surface area contributed by atoms with Crippen molar-refractivity contribution in [3.63, 3.8) is 0 Å². The van der Waals surface area contributed by atoms with Crippen molar-refractivity contribution in [2.45, 2.75) is 40.4 Å². The van der Waals surface area contributed by atoms with Gasteiger partial charge in [0.1, 0.15) is 0 Å². The molecular weight excluding hydrogens is 364 g/mol. The SMILES string of the molecule is CC(C)(C)C(=O)Oc1cccc(CN(Cc2ccccn2)Cc2ccccn2)n1. The number of hydrogen-bond acceptors (Lipinski definition) is 6. The summed E-state index contributed by atoms with van der Waals surface area (Å²) in [7, 11) is 0. The Kier molecular flexibility index (Phi) is 6.67. The summed E-state index contributed by atoms with van der Waals surface area (Å²) in [6.45, 7) is 7.35. The molecule has 0 aliphatic carbocycles. The van der Waals surface area contributed by atoms with Crippen LogP contribution in [0.1, 0.15) is 37.9 Å². The van der Waals surface area contributed by atoms with Gasteiger partial charge in [-0.3, -0.25) is 19.7 Å². The lowest BCUT2D eigenvalue weighted by Crippen LogP contribution is -2.26. The summed E-state index contributed by atoms with van der Waals surface area (Å²) < 4.78 is 5.44. The van der Waals surface area contributed by atoms with Crippen molar-refractivity contribution in [1.29, 1.82) is 0 Å². The molecule has 0 N–H and O–H groups in total. The maximum Gasteiger partial charge on any atom is 0.317 e. The number of ether oxygens (including phenoxy) is 1. The predicted molar refractivity (Wildman–Crippen MR) is 111 cm³/mol. The second kappa shape index (κ2) is 9.39. The molecule has 3 rings (SSSR count). The third-order valence-electron chi connectivity index (χ3n) is 4.20. The molecule has 29 heavy (non-hydrogen) atoms. The number of rotatable bonds is 7. The van der Waals surface area contributed by atoms with Gasteiger partial charge in [0.15, 0.2) is 0 Å². The minimum Gasteiger partial charge on any atom is -0.407 e. The second-order valence-corrected chi connectivity index (χ2v) is 7.89. The molecule has 0 saturated heterocycles. The van der Waals surface area contributed by atoms with Crippen LogP contribution in [0.15, 0.2) is 67.0 Å². The Balaban J connectivity index is 1.76. The molecule has 0 aromatic carbocycles. The van der Waals surface area contributed by atoms with E-state index in [0.717, 1.165) is 17.1 Å². The Morgan fingerprint density at radius 1 is 0.828 bits per heavy atom. The fourth-order valence-electron chi connectivity index (χ4n) is 2.69. The number of pyridine rings is 3. The fraction of sp³-hybridized carbons (Fsp3) is 0.304. The molecule has 3 aromatic heterocycles. The summed E-state index contributed by atoms with van der Waals surface area (Å²) in [6.07, 6.45) is 3.58. The molecule has 150 valence electrons. The van der Waals surface area contributed by atoms with E-state index in [1.807, 2.05) is 69.3 Å². The third-order valence-corrected chi connectivity index (χ3v) is 4.20. The number of esters is 1. The normalized spacial score (nSPS) is 11.4. The first-order valence-electron chi connectivity index (χ1n) is 9.60. The van der Waals surface area contributed by atoms with Gasteiger partial charge in [0.05, 0.1) is 22.5 Å². The molecule has 3 heterocycles. The zero-order valence-electron chi connectivity index (χ0n) is 17.1. The first-order chi connectivity index (χ1) is 13.9. The molecule has 0 spiro atoms. The number of nitrogens with zero attached hydrogens (tertiary/aromatic N) is 4. The van der Waals surface area contributed by atoms with Gasteiger partial charge in [-0.2, -0.15) is 0 Å². The van der Waals surface area contributed by atoms with Crippen molar-refractivity contribution in [3.8, 4) is 5.88 Å². The summed E-state index contributed by atoms with van der Waals surface area (Å²) >= 11 is 0. The minimum atomic E-state index is -0.582. The van der Waals surface area contributed by atoms with E-state index in [4.69, 9.17) is 4.74 Å². The Labute approximate surface area is 171 Å². The number of hydrogen-bond donors (Lipinski definition) is 0. The van der Waals surface area contributed by atoms with Gasteiger partial charge in [0.2, 0.25) is 5.88 Å². The van der Waals surface area contributed by atoms with Gasteiger partial charge in [-0.1, -0.05) is 18.2 Å². The van der Waals surface area contributed by atoms with E-state index in [0.29, 0.717) is 25.5 Å². The lowest BCUT2D eigenvalue weighted by Gasteiger charge is -2.22. The van der Waals surface area contributed by atoms with Crippen molar-refractivity contribution in [2.75, 3.05) is 0 Å². The summed E-state index contributed by atoms with van der Waals surface area (Å²) in [5.74, 6) is 0.0130. The molecule has 0 fully saturated rings. The van der Waals surface area contributed by atoms with Gasteiger partial charge < -0.3 is 4.74 Å². The van der Waals surface area contributed by atoms with Crippen LogP contribution in [0.3, 0.4) is 0 Å². The Bertz CT molecular complexity index is 883. The van der Waals surface area contributed by atoms with Crippen LogP contribution in [0.2, 0.25) is 0 Å². The molecule has 6 heteroatoms. The standard InChI is InChI=1S/C23H26N4O2/c1-23(2,3)22(28)29-21-12-8-11-20(26-21)17-27(15-18-9-4-6-13-24-18)16-19-10-5-7-14-25-19/h4-14H,15-17H2,1-3H3. The number of aromatic nitrogens is 3. The zero-order chi connectivity index (χ0) is 20.7. The second-order valence-electron chi connectivity index (χ2n) is 7.89. The monoisotopic (exact) mass is 390 g/mol. The lowest BCUT2D eigenvalue weighted by molar-refractivity contribution is -0.143. The summed E-state index contributed by atoms with van der Waals surface area (Å²) in [5.41, 5.74) is 2.18. The molecule has 0 amide bonds. The van der Waals surface area contributed by atoms with Crippen LogP contribution in [0.25, 0.3) is 0 Å². The van der Waals surface area contributed by atoms with Crippen LogP contribution in [-0.4, -0.2) is 25.8 Å². The van der Waals surface area contributed by atoms with E-state index in [9.17, 15) is 4.79 Å². The Morgan fingerprint density at radius 3 is 1.90 bits per heavy atom. The van der Waals surface area contributed by atoms with Gasteiger partial charge in [0, 0.05) is 38.1 Å². The maximum absolute atomic E-state index is 12.2. The van der Waals surface area contributed by atoms with E-state index in [-0.39, 0.29) is 5.97 Å². The van der Waals surface area contributed by atoms with Crippen molar-refractivity contribution in [1.82, 2.24) is 19.9 Å². The van der Waals surface area contributed by atoms with Crippen LogP contribution in [-0.2, 0) is 24.4 Å². The van der Waals surface area contributed by atoms with Crippen LogP contribution < -0.4 is 4.74 Å². The Morgan fingerprint density at radius 2 is 1.38 bits per heavy atom. The lowest BCUT2D eigenvalue weighted by atomic mass is 9.97. The van der Waals surface area contributed by atoms with Crippen LogP contribution in [0, 0.1) is 5.41 Å². The van der Waals surface area contributed by atoms with Crippen LogP contribution in [0.4, 0.5) is 0 Å². The third kappa shape index (κ3) is 6.47. The van der Waals surface area contributed by atoms with E-state index in [1.54, 1.807) is 18.5 Å². The van der Waals surface area contributed by atoms with Crippen molar-refractivity contribution in [3.05, 3.63) is 84.1 Å². The topological polar surface area (TPSA) is 68.2 Å². The van der Waals surface area contributed by atoms with E-state index in [2.05, 4.69) is 19.9 Å². The molecule has 0 bridgehead atoms. The van der Waals surface area contributed by atoms with E-state index >= 15 is 0 Å². The zero-order valence-corrected chi connectivity index (χ0v) is 17.1. The molecule has 0 aliphatic rings. The van der Waals surface area contributed by atoms with Crippen molar-refractivity contribution in [2.24, 2.45) is 5.41 Å². The van der Waals surface area contributed by atoms with Crippen molar-refractivity contribution < 1.29 is 9.53 Å². The first-order valence-corrected chi connectivity index (χ1v) is 9.60.